The van der Waals surface area contributed by atoms with Gasteiger partial charge in [-0.3, -0.25) is 0 Å². The van der Waals surface area contributed by atoms with Crippen molar-refractivity contribution in [2.75, 3.05) is 5.73 Å². The van der Waals surface area contributed by atoms with Crippen LogP contribution in [0.5, 0.6) is 0 Å². The van der Waals surface area contributed by atoms with Crippen LogP contribution in [-0.4, -0.2) is 6.29 Å². The van der Waals surface area contributed by atoms with Gasteiger partial charge in [0.25, 0.3) is 0 Å². The van der Waals surface area contributed by atoms with Crippen molar-refractivity contribution in [1.29, 1.82) is 0 Å². The summed E-state index contributed by atoms with van der Waals surface area (Å²) in [6.45, 7) is 0. The Labute approximate surface area is 85.3 Å². The molecule has 0 unspecified atom stereocenters. The fourth-order valence-corrected chi connectivity index (χ4v) is 1.18. The van der Waals surface area contributed by atoms with Crippen LogP contribution >= 0.6 is 15.9 Å². The van der Waals surface area contributed by atoms with Gasteiger partial charge in [-0.2, -0.15) is 0 Å². The third-order valence-corrected chi connectivity index (χ3v) is 2.11. The highest BCUT2D eigenvalue weighted by Gasteiger charge is 1.94. The molecular formula is C10H8BrNO. The van der Waals surface area contributed by atoms with Gasteiger partial charge in [-0.05, 0) is 34.1 Å². The second-order valence-corrected chi connectivity index (χ2v) is 3.26. The van der Waals surface area contributed by atoms with E-state index >= 15 is 0 Å². The number of carbonyl (C=O) groups is 1. The molecule has 0 heterocycles. The lowest BCUT2D eigenvalue weighted by atomic mass is 10.2. The van der Waals surface area contributed by atoms with Gasteiger partial charge in [-0.1, -0.05) is 11.8 Å². The van der Waals surface area contributed by atoms with Crippen LogP contribution in [0.2, 0.25) is 0 Å². The van der Waals surface area contributed by atoms with Gasteiger partial charge < -0.3 is 10.5 Å². The molecule has 0 aliphatic heterocycles. The van der Waals surface area contributed by atoms with Crippen LogP contribution < -0.4 is 5.73 Å². The Morgan fingerprint density at radius 3 is 2.92 bits per heavy atom. The van der Waals surface area contributed by atoms with Gasteiger partial charge in [0, 0.05) is 15.7 Å². The molecule has 0 saturated carbocycles. The topological polar surface area (TPSA) is 43.1 Å². The van der Waals surface area contributed by atoms with E-state index in [0.717, 1.165) is 16.3 Å². The summed E-state index contributed by atoms with van der Waals surface area (Å²) in [5, 5.41) is 0. The van der Waals surface area contributed by atoms with E-state index < -0.39 is 0 Å². The van der Waals surface area contributed by atoms with Gasteiger partial charge in [-0.25, -0.2) is 0 Å². The number of nitrogens with two attached hydrogens (primary N) is 1. The van der Waals surface area contributed by atoms with Crippen molar-refractivity contribution in [3.63, 3.8) is 0 Å². The minimum absolute atomic E-state index is 0.266. The predicted molar refractivity (Wildman–Crippen MR) is 56.1 cm³/mol. The van der Waals surface area contributed by atoms with E-state index in [9.17, 15) is 4.79 Å². The van der Waals surface area contributed by atoms with Crippen molar-refractivity contribution in [1.82, 2.24) is 0 Å². The van der Waals surface area contributed by atoms with Crippen molar-refractivity contribution in [3.8, 4) is 11.8 Å². The summed E-state index contributed by atoms with van der Waals surface area (Å²) < 4.78 is 0.824. The first kappa shape index (κ1) is 9.82. The number of benzene rings is 1. The van der Waals surface area contributed by atoms with Crippen LogP contribution in [0.1, 0.15) is 12.0 Å². The van der Waals surface area contributed by atoms with Gasteiger partial charge in [0.2, 0.25) is 0 Å². The Morgan fingerprint density at radius 1 is 1.54 bits per heavy atom. The van der Waals surface area contributed by atoms with Crippen molar-refractivity contribution in [3.05, 3.63) is 28.2 Å². The Balaban J connectivity index is 2.87. The van der Waals surface area contributed by atoms with Crippen LogP contribution in [0.3, 0.4) is 0 Å². The van der Waals surface area contributed by atoms with E-state index in [1.165, 1.54) is 0 Å². The molecule has 1 aromatic carbocycles. The zero-order valence-electron chi connectivity index (χ0n) is 6.88. The molecule has 0 aromatic heterocycles. The van der Waals surface area contributed by atoms with Crippen LogP contribution in [0.15, 0.2) is 22.7 Å². The van der Waals surface area contributed by atoms with Gasteiger partial charge in [0.1, 0.15) is 6.29 Å². The first-order valence-corrected chi connectivity index (χ1v) is 4.51. The largest absolute Gasteiger partial charge is 0.398 e. The Bertz CT molecular complexity index is 376. The fraction of sp³-hybridized carbons (Fsp3) is 0.100. The highest BCUT2D eigenvalue weighted by Crippen LogP contribution is 2.19. The summed E-state index contributed by atoms with van der Waals surface area (Å²) >= 11 is 3.29. The summed E-state index contributed by atoms with van der Waals surface area (Å²) in [5.41, 5.74) is 7.12. The molecule has 0 amide bonds. The zero-order chi connectivity index (χ0) is 9.68. The monoisotopic (exact) mass is 237 g/mol. The third-order valence-electron chi connectivity index (χ3n) is 1.42. The van der Waals surface area contributed by atoms with Crippen LogP contribution in [-0.2, 0) is 4.79 Å². The number of anilines is 1. The molecule has 0 saturated heterocycles. The zero-order valence-corrected chi connectivity index (χ0v) is 8.47. The fourth-order valence-electron chi connectivity index (χ4n) is 0.800. The average Bonchev–Trinajstić information content (AvgIpc) is 2.12. The number of hydrogen-bond donors (Lipinski definition) is 1. The van der Waals surface area contributed by atoms with Gasteiger partial charge in [0.05, 0.1) is 6.42 Å². The molecule has 0 aliphatic carbocycles. The molecule has 2 nitrogen and oxygen atoms in total. The molecule has 0 aliphatic rings. The van der Waals surface area contributed by atoms with E-state index in [-0.39, 0.29) is 6.42 Å². The molecule has 0 atom stereocenters. The van der Waals surface area contributed by atoms with Crippen molar-refractivity contribution < 1.29 is 4.79 Å². The SMILES string of the molecule is Nc1ccc(C#CCC=O)cc1Br. The van der Waals surface area contributed by atoms with Crippen LogP contribution in [0.25, 0.3) is 0 Å². The number of aldehydes is 1. The van der Waals surface area contributed by atoms with E-state index in [4.69, 9.17) is 5.73 Å². The second-order valence-electron chi connectivity index (χ2n) is 2.41. The maximum absolute atomic E-state index is 9.98. The summed E-state index contributed by atoms with van der Waals surface area (Å²) in [7, 11) is 0. The number of rotatable bonds is 1. The first-order valence-electron chi connectivity index (χ1n) is 3.71. The normalized spacial score (nSPS) is 8.69. The molecule has 0 fully saturated rings. The quantitative estimate of drug-likeness (QED) is 0.461. The Hall–Kier alpha value is -1.27. The van der Waals surface area contributed by atoms with Gasteiger partial charge in [0.15, 0.2) is 0 Å². The van der Waals surface area contributed by atoms with Gasteiger partial charge in [-0.15, -0.1) is 0 Å². The lowest BCUT2D eigenvalue weighted by molar-refractivity contribution is -0.107. The molecule has 0 bridgehead atoms. The molecule has 2 N–H and O–H groups in total. The number of hydrogen-bond acceptors (Lipinski definition) is 2. The van der Waals surface area contributed by atoms with E-state index in [1.807, 2.05) is 12.1 Å². The van der Waals surface area contributed by atoms with Crippen molar-refractivity contribution in [2.24, 2.45) is 0 Å². The molecule has 1 rings (SSSR count). The minimum Gasteiger partial charge on any atom is -0.398 e. The minimum atomic E-state index is 0.266. The molecule has 1 aromatic rings. The molecule has 13 heavy (non-hydrogen) atoms. The summed E-state index contributed by atoms with van der Waals surface area (Å²) in [6.07, 6.45) is 1.04. The average molecular weight is 238 g/mol. The van der Waals surface area contributed by atoms with E-state index in [1.54, 1.807) is 6.07 Å². The third kappa shape index (κ3) is 2.92. The summed E-state index contributed by atoms with van der Waals surface area (Å²) in [5.74, 6) is 5.57. The van der Waals surface area contributed by atoms with E-state index in [2.05, 4.69) is 27.8 Å². The maximum atomic E-state index is 9.98. The standard InChI is InChI=1S/C10H8BrNO/c11-9-7-8(3-1-2-6-13)4-5-10(9)12/h4-7H,2,12H2. The number of nitrogen functional groups attached to an aromatic ring is 1. The first-order chi connectivity index (χ1) is 6.24. The van der Waals surface area contributed by atoms with Gasteiger partial charge >= 0.3 is 0 Å². The molecule has 0 spiro atoms. The smallest absolute Gasteiger partial charge is 0.131 e. The Kier molecular flexibility index (Phi) is 3.53. The second kappa shape index (κ2) is 4.68. The summed E-state index contributed by atoms with van der Waals surface area (Å²) in [4.78, 5) is 9.98. The van der Waals surface area contributed by atoms with Crippen molar-refractivity contribution in [2.45, 2.75) is 6.42 Å². The number of halogens is 1. The predicted octanol–water partition coefficient (Wildman–Crippen LogP) is 1.97. The van der Waals surface area contributed by atoms with Crippen molar-refractivity contribution >= 4 is 27.9 Å². The lowest BCUT2D eigenvalue weighted by Gasteiger charge is -1.96. The summed E-state index contributed by atoms with van der Waals surface area (Å²) in [6, 6.07) is 5.42. The Morgan fingerprint density at radius 2 is 2.31 bits per heavy atom. The molecule has 3 heteroatoms. The maximum Gasteiger partial charge on any atom is 0.131 e. The highest BCUT2D eigenvalue weighted by atomic mass is 79.9. The van der Waals surface area contributed by atoms with Crippen LogP contribution in [0.4, 0.5) is 5.69 Å². The molecule has 66 valence electrons. The van der Waals surface area contributed by atoms with E-state index in [0.29, 0.717) is 5.69 Å². The number of carbonyl (C=O) groups excluding carboxylic acids is 1. The molecule has 0 radical (unpaired) electrons. The molecular weight excluding hydrogens is 230 g/mol. The lowest BCUT2D eigenvalue weighted by Crippen LogP contribution is -1.86. The highest BCUT2D eigenvalue weighted by molar-refractivity contribution is 9.10. The van der Waals surface area contributed by atoms with Crippen LogP contribution in [0, 0.1) is 11.8 Å².